The van der Waals surface area contributed by atoms with Gasteiger partial charge in [-0.05, 0) is 55.5 Å². The van der Waals surface area contributed by atoms with Crippen LogP contribution in [0, 0.1) is 0 Å². The van der Waals surface area contributed by atoms with Crippen LogP contribution < -0.4 is 5.32 Å². The number of imidazole rings is 1. The lowest BCUT2D eigenvalue weighted by Gasteiger charge is -2.26. The minimum absolute atomic E-state index is 0.0670. The van der Waals surface area contributed by atoms with Gasteiger partial charge in [0.1, 0.15) is 5.82 Å². The summed E-state index contributed by atoms with van der Waals surface area (Å²) in [4.78, 5) is 21.6. The molecule has 1 aromatic carbocycles. The molecule has 2 amide bonds. The minimum Gasteiger partial charge on any atom is -0.329 e. The quantitative estimate of drug-likeness (QED) is 0.678. The molecule has 0 aliphatic rings. The zero-order chi connectivity index (χ0) is 19.4. The molecule has 0 unspecified atom stereocenters. The van der Waals surface area contributed by atoms with Crippen molar-refractivity contribution in [2.75, 3.05) is 27.2 Å². The molecule has 1 atom stereocenters. The van der Waals surface area contributed by atoms with E-state index in [1.165, 1.54) is 0 Å². The first-order chi connectivity index (χ1) is 13.0. The summed E-state index contributed by atoms with van der Waals surface area (Å²) in [7, 11) is 6.02. The molecule has 7 heteroatoms. The Balaban J connectivity index is 1.73. The van der Waals surface area contributed by atoms with Gasteiger partial charge in [-0.2, -0.15) is 11.3 Å². The minimum atomic E-state index is -0.181. The molecule has 0 aliphatic carbocycles. The Morgan fingerprint density at radius 1 is 1.26 bits per heavy atom. The van der Waals surface area contributed by atoms with Crippen LogP contribution in [-0.4, -0.2) is 52.6 Å². The van der Waals surface area contributed by atoms with Gasteiger partial charge in [0, 0.05) is 26.7 Å². The Bertz CT molecular complexity index is 887. The summed E-state index contributed by atoms with van der Waals surface area (Å²) in [6.45, 7) is 4.08. The third-order valence-electron chi connectivity index (χ3n) is 4.61. The Morgan fingerprint density at radius 3 is 2.70 bits per heavy atom. The molecule has 0 saturated carbocycles. The molecule has 0 saturated heterocycles. The molecule has 2 heterocycles. The highest BCUT2D eigenvalue weighted by Crippen LogP contribution is 2.19. The molecular formula is C20H27N5OS. The first-order valence-corrected chi connectivity index (χ1v) is 10.0. The maximum absolute atomic E-state index is 13.0. The topological polar surface area (TPSA) is 53.4 Å². The van der Waals surface area contributed by atoms with E-state index in [0.29, 0.717) is 13.1 Å². The van der Waals surface area contributed by atoms with Crippen LogP contribution in [0.3, 0.4) is 0 Å². The molecule has 0 spiro atoms. The van der Waals surface area contributed by atoms with Crippen LogP contribution in [0.15, 0.2) is 41.1 Å². The van der Waals surface area contributed by atoms with Gasteiger partial charge < -0.3 is 19.7 Å². The largest absolute Gasteiger partial charge is 0.329 e. The predicted octanol–water partition coefficient (Wildman–Crippen LogP) is 3.47. The molecule has 1 N–H and O–H groups in total. The predicted molar refractivity (Wildman–Crippen MR) is 111 cm³/mol. The van der Waals surface area contributed by atoms with Gasteiger partial charge in [-0.3, -0.25) is 0 Å². The van der Waals surface area contributed by atoms with Crippen molar-refractivity contribution >= 4 is 28.4 Å². The average molecular weight is 386 g/mol. The van der Waals surface area contributed by atoms with Gasteiger partial charge in [0.15, 0.2) is 0 Å². The van der Waals surface area contributed by atoms with E-state index in [9.17, 15) is 4.79 Å². The molecule has 3 rings (SSSR count). The zero-order valence-corrected chi connectivity index (χ0v) is 17.2. The number of aryl methyl sites for hydroxylation is 1. The molecule has 144 valence electrons. The van der Waals surface area contributed by atoms with Crippen molar-refractivity contribution < 1.29 is 4.79 Å². The number of para-hydroxylation sites is 2. The summed E-state index contributed by atoms with van der Waals surface area (Å²) < 4.78 is 2.04. The van der Waals surface area contributed by atoms with Gasteiger partial charge in [0.2, 0.25) is 0 Å². The normalized spacial score (nSPS) is 12.5. The van der Waals surface area contributed by atoms with E-state index >= 15 is 0 Å². The third-order valence-corrected chi connectivity index (χ3v) is 5.34. The number of amides is 2. The lowest BCUT2D eigenvalue weighted by atomic mass is 10.3. The summed E-state index contributed by atoms with van der Waals surface area (Å²) in [5.41, 5.74) is 3.17. The highest BCUT2D eigenvalue weighted by molar-refractivity contribution is 7.07. The van der Waals surface area contributed by atoms with E-state index in [2.05, 4.69) is 21.7 Å². The van der Waals surface area contributed by atoms with E-state index in [-0.39, 0.29) is 12.1 Å². The van der Waals surface area contributed by atoms with Crippen LogP contribution in [0.2, 0.25) is 0 Å². The number of aromatic nitrogens is 2. The molecule has 2 aromatic heterocycles. The number of urea groups is 1. The van der Waals surface area contributed by atoms with E-state index in [4.69, 9.17) is 4.98 Å². The van der Waals surface area contributed by atoms with Crippen LogP contribution >= 0.6 is 11.3 Å². The van der Waals surface area contributed by atoms with Crippen molar-refractivity contribution in [1.82, 2.24) is 24.7 Å². The Hall–Kier alpha value is -2.38. The van der Waals surface area contributed by atoms with Gasteiger partial charge in [0.05, 0.1) is 17.1 Å². The van der Waals surface area contributed by atoms with Crippen molar-refractivity contribution in [3.63, 3.8) is 0 Å². The average Bonchev–Trinajstić information content (AvgIpc) is 3.26. The molecule has 0 radical (unpaired) electrons. The fourth-order valence-corrected chi connectivity index (χ4v) is 3.73. The third kappa shape index (κ3) is 4.67. The second-order valence-electron chi connectivity index (χ2n) is 7.05. The first kappa shape index (κ1) is 19.4. The number of likely N-dealkylation sites (N-methyl/N-ethyl adjacent to an activating group) is 1. The number of thiophene rings is 1. The summed E-state index contributed by atoms with van der Waals surface area (Å²) in [6, 6.07) is 9.83. The number of nitrogens with one attached hydrogen (secondary N) is 1. The summed E-state index contributed by atoms with van der Waals surface area (Å²) in [5.74, 6) is 0.854. The lowest BCUT2D eigenvalue weighted by molar-refractivity contribution is 0.185. The fraction of sp³-hybridized carbons (Fsp3) is 0.400. The van der Waals surface area contributed by atoms with Crippen LogP contribution in [0.25, 0.3) is 11.0 Å². The number of carbonyl (C=O) groups excluding carboxylic acids is 1. The smallest absolute Gasteiger partial charge is 0.318 e. The second kappa shape index (κ2) is 8.54. The number of benzene rings is 1. The molecular weight excluding hydrogens is 358 g/mol. The number of nitrogens with zero attached hydrogens (tertiary/aromatic N) is 4. The summed E-state index contributed by atoms with van der Waals surface area (Å²) >= 11 is 1.65. The van der Waals surface area contributed by atoms with Crippen molar-refractivity contribution in [3.05, 3.63) is 52.5 Å². The number of hydrogen-bond donors (Lipinski definition) is 1. The Kier molecular flexibility index (Phi) is 6.13. The second-order valence-corrected chi connectivity index (χ2v) is 7.83. The van der Waals surface area contributed by atoms with E-state index in [1.54, 1.807) is 11.3 Å². The Labute approximate surface area is 164 Å². The number of fused-ring (bicyclic) bond motifs is 1. The van der Waals surface area contributed by atoms with Crippen molar-refractivity contribution in [2.45, 2.75) is 19.5 Å². The molecule has 27 heavy (non-hydrogen) atoms. The molecule has 0 fully saturated rings. The van der Waals surface area contributed by atoms with Gasteiger partial charge >= 0.3 is 6.03 Å². The first-order valence-electron chi connectivity index (χ1n) is 9.08. The summed E-state index contributed by atoms with van der Waals surface area (Å²) in [5, 5.41) is 7.25. The highest BCUT2D eigenvalue weighted by atomic mass is 32.1. The fourth-order valence-electron chi connectivity index (χ4n) is 3.07. The highest BCUT2D eigenvalue weighted by Gasteiger charge is 2.20. The number of hydrogen-bond acceptors (Lipinski definition) is 4. The Morgan fingerprint density at radius 2 is 2.04 bits per heavy atom. The van der Waals surface area contributed by atoms with Crippen molar-refractivity contribution in [3.8, 4) is 0 Å². The van der Waals surface area contributed by atoms with Crippen LogP contribution in [0.4, 0.5) is 4.79 Å². The SMILES string of the molecule is C[C@@H](NC(=O)N(CCN(C)C)Cc1ccsc1)c1nc2ccccc2n1C. The number of carbonyl (C=O) groups is 1. The molecule has 6 nitrogen and oxygen atoms in total. The maximum atomic E-state index is 13.0. The maximum Gasteiger partial charge on any atom is 0.318 e. The molecule has 0 aliphatic heterocycles. The van der Waals surface area contributed by atoms with E-state index < -0.39 is 0 Å². The van der Waals surface area contributed by atoms with Gasteiger partial charge in [-0.15, -0.1) is 0 Å². The zero-order valence-electron chi connectivity index (χ0n) is 16.3. The van der Waals surface area contributed by atoms with Crippen LogP contribution in [0.5, 0.6) is 0 Å². The standard InChI is InChI=1S/C20H27N5OS/c1-15(19-22-17-7-5-6-8-18(17)24(19)4)21-20(26)25(11-10-23(2)3)13-16-9-12-27-14-16/h5-9,12,14-15H,10-11,13H2,1-4H3,(H,21,26)/t15-/m1/s1. The van der Waals surface area contributed by atoms with Crippen molar-refractivity contribution in [1.29, 1.82) is 0 Å². The van der Waals surface area contributed by atoms with Gasteiger partial charge in [0.25, 0.3) is 0 Å². The molecule has 0 bridgehead atoms. The van der Waals surface area contributed by atoms with E-state index in [0.717, 1.165) is 29.0 Å². The summed E-state index contributed by atoms with van der Waals surface area (Å²) in [6.07, 6.45) is 0. The van der Waals surface area contributed by atoms with Gasteiger partial charge in [-0.1, -0.05) is 12.1 Å². The monoisotopic (exact) mass is 385 g/mol. The lowest BCUT2D eigenvalue weighted by Crippen LogP contribution is -2.43. The molecule has 3 aromatic rings. The van der Waals surface area contributed by atoms with Gasteiger partial charge in [-0.25, -0.2) is 9.78 Å². The number of rotatable bonds is 7. The van der Waals surface area contributed by atoms with Crippen LogP contribution in [0.1, 0.15) is 24.4 Å². The van der Waals surface area contributed by atoms with Crippen molar-refractivity contribution in [2.24, 2.45) is 7.05 Å². The van der Waals surface area contributed by atoms with Crippen LogP contribution in [-0.2, 0) is 13.6 Å². The van der Waals surface area contributed by atoms with E-state index in [1.807, 2.05) is 67.2 Å².